The van der Waals surface area contributed by atoms with Crippen LogP contribution in [0.15, 0.2) is 60.7 Å². The van der Waals surface area contributed by atoms with Crippen molar-refractivity contribution in [2.45, 2.75) is 62.6 Å². The summed E-state index contributed by atoms with van der Waals surface area (Å²) in [5.74, 6) is 0.128. The molecule has 3 fully saturated rings. The Labute approximate surface area is 203 Å². The summed E-state index contributed by atoms with van der Waals surface area (Å²) in [5.41, 5.74) is 4.80. The van der Waals surface area contributed by atoms with E-state index in [2.05, 4.69) is 65.4 Å². The predicted molar refractivity (Wildman–Crippen MR) is 136 cm³/mol. The molecule has 0 unspecified atom stereocenters. The summed E-state index contributed by atoms with van der Waals surface area (Å²) in [6, 6.07) is 21.6. The van der Waals surface area contributed by atoms with Crippen LogP contribution < -0.4 is 0 Å². The minimum atomic E-state index is -0.132. The number of hydrogen-bond acceptors (Lipinski definition) is 3. The highest BCUT2D eigenvalue weighted by Gasteiger charge is 2.51. The molecule has 2 heterocycles. The van der Waals surface area contributed by atoms with E-state index < -0.39 is 0 Å². The smallest absolute Gasteiger partial charge is 0.234 e. The Morgan fingerprint density at radius 2 is 1.53 bits per heavy atom. The van der Waals surface area contributed by atoms with Gasteiger partial charge in [-0.15, -0.1) is 0 Å². The maximum Gasteiger partial charge on any atom is 0.234 e. The van der Waals surface area contributed by atoms with Gasteiger partial charge in [-0.3, -0.25) is 9.69 Å². The molecule has 4 heteroatoms. The van der Waals surface area contributed by atoms with Crippen molar-refractivity contribution in [3.8, 4) is 0 Å². The highest BCUT2D eigenvalue weighted by Crippen LogP contribution is 2.54. The summed E-state index contributed by atoms with van der Waals surface area (Å²) in [5, 5.41) is 0. The van der Waals surface area contributed by atoms with Gasteiger partial charge in [-0.05, 0) is 80.3 Å². The van der Waals surface area contributed by atoms with Crippen LogP contribution >= 0.6 is 0 Å². The van der Waals surface area contributed by atoms with Crippen LogP contribution in [0.25, 0.3) is 11.1 Å². The van der Waals surface area contributed by atoms with Gasteiger partial charge < -0.3 is 9.64 Å². The average molecular weight is 457 g/mol. The number of carbonyl (C=O) groups excluding carboxylic acids is 1. The fourth-order valence-electron chi connectivity index (χ4n) is 6.95. The molecule has 3 atom stereocenters. The first-order chi connectivity index (χ1) is 16.7. The SMILES string of the molecule is CN(C(=O)C1C(c2ccccc2)=C1c1ccccc1)[C@H]1CC[C@@]2(CCCO2)C[C@@H]1N1CCCC1. The molecule has 0 bridgehead atoms. The van der Waals surface area contributed by atoms with Gasteiger partial charge in [0.2, 0.25) is 5.91 Å². The molecule has 178 valence electrons. The number of amides is 1. The Morgan fingerprint density at radius 3 is 2.09 bits per heavy atom. The van der Waals surface area contributed by atoms with Gasteiger partial charge in [0, 0.05) is 25.7 Å². The van der Waals surface area contributed by atoms with Crippen molar-refractivity contribution >= 4 is 17.1 Å². The van der Waals surface area contributed by atoms with Crippen LogP contribution in [0.2, 0.25) is 0 Å². The van der Waals surface area contributed by atoms with Gasteiger partial charge in [0.15, 0.2) is 0 Å². The second-order valence-corrected chi connectivity index (χ2v) is 10.7. The third kappa shape index (κ3) is 3.91. The molecule has 0 N–H and O–H groups in total. The Morgan fingerprint density at radius 1 is 0.912 bits per heavy atom. The van der Waals surface area contributed by atoms with Crippen molar-refractivity contribution in [3.05, 3.63) is 71.8 Å². The minimum Gasteiger partial charge on any atom is -0.375 e. The van der Waals surface area contributed by atoms with Crippen LogP contribution in [-0.2, 0) is 9.53 Å². The molecule has 2 aliphatic carbocycles. The molecule has 1 saturated carbocycles. The summed E-state index contributed by atoms with van der Waals surface area (Å²) >= 11 is 0. The molecule has 0 aromatic heterocycles. The highest BCUT2D eigenvalue weighted by molar-refractivity contribution is 6.23. The quantitative estimate of drug-likeness (QED) is 0.616. The standard InChI is InChI=1S/C30H36N2O2/c1-31(24-15-17-30(16-10-20-34-30)21-25(24)32-18-8-9-19-32)29(33)28-26(22-11-4-2-5-12-22)27(28)23-13-6-3-7-14-23/h2-7,11-14,24-25,28H,8-10,15-21H2,1H3/t24-,25-,30-/m0/s1. The van der Waals surface area contributed by atoms with Crippen molar-refractivity contribution in [1.29, 1.82) is 0 Å². The summed E-state index contributed by atoms with van der Waals surface area (Å²) in [6.07, 6.45) is 8.10. The van der Waals surface area contributed by atoms with E-state index in [0.29, 0.717) is 6.04 Å². The van der Waals surface area contributed by atoms with Crippen LogP contribution in [0.4, 0.5) is 0 Å². The van der Waals surface area contributed by atoms with Crippen LogP contribution in [0.1, 0.15) is 56.1 Å². The molecule has 0 radical (unpaired) electrons. The maximum absolute atomic E-state index is 14.1. The van der Waals surface area contributed by atoms with Gasteiger partial charge in [0.1, 0.15) is 0 Å². The number of ether oxygens (including phenoxy) is 1. The number of hydrogen-bond donors (Lipinski definition) is 0. The molecule has 2 aromatic carbocycles. The second-order valence-electron chi connectivity index (χ2n) is 10.7. The molecule has 2 aromatic rings. The fourth-order valence-corrected chi connectivity index (χ4v) is 6.95. The first-order valence-electron chi connectivity index (χ1n) is 13.2. The number of benzene rings is 2. The van der Waals surface area contributed by atoms with E-state index in [9.17, 15) is 4.79 Å². The van der Waals surface area contributed by atoms with Crippen molar-refractivity contribution in [2.24, 2.45) is 5.92 Å². The number of carbonyl (C=O) groups is 1. The maximum atomic E-state index is 14.1. The molecule has 34 heavy (non-hydrogen) atoms. The average Bonchev–Trinajstić information content (AvgIpc) is 3.18. The summed E-state index contributed by atoms with van der Waals surface area (Å²) in [7, 11) is 2.06. The van der Waals surface area contributed by atoms with Gasteiger partial charge in [-0.1, -0.05) is 60.7 Å². The van der Waals surface area contributed by atoms with E-state index in [1.54, 1.807) is 0 Å². The lowest BCUT2D eigenvalue weighted by molar-refractivity contribution is -0.137. The van der Waals surface area contributed by atoms with Gasteiger partial charge in [-0.25, -0.2) is 0 Å². The molecule has 2 aliphatic heterocycles. The lowest BCUT2D eigenvalue weighted by Gasteiger charge is -2.48. The number of rotatable bonds is 5. The molecule has 6 rings (SSSR count). The summed E-state index contributed by atoms with van der Waals surface area (Å²) in [4.78, 5) is 18.9. The van der Waals surface area contributed by atoms with Crippen LogP contribution in [0.5, 0.6) is 0 Å². The van der Waals surface area contributed by atoms with Gasteiger partial charge in [-0.2, -0.15) is 0 Å². The number of likely N-dealkylation sites (N-methyl/N-ethyl adjacent to an activating group) is 1. The highest BCUT2D eigenvalue weighted by atomic mass is 16.5. The van der Waals surface area contributed by atoms with E-state index in [4.69, 9.17) is 4.74 Å². The van der Waals surface area contributed by atoms with E-state index >= 15 is 0 Å². The minimum absolute atomic E-state index is 0.0515. The monoisotopic (exact) mass is 456 g/mol. The molecule has 1 spiro atoms. The zero-order valence-electron chi connectivity index (χ0n) is 20.3. The Kier molecular flexibility index (Phi) is 5.82. The van der Waals surface area contributed by atoms with Crippen LogP contribution in [0, 0.1) is 5.92 Å². The van der Waals surface area contributed by atoms with Crippen molar-refractivity contribution in [2.75, 3.05) is 26.7 Å². The zero-order valence-corrected chi connectivity index (χ0v) is 20.3. The number of likely N-dealkylation sites (tertiary alicyclic amines) is 1. The molecular weight excluding hydrogens is 420 g/mol. The van der Waals surface area contributed by atoms with E-state index in [0.717, 1.165) is 39.0 Å². The molecule has 1 amide bonds. The molecule has 2 saturated heterocycles. The summed E-state index contributed by atoms with van der Waals surface area (Å²) in [6.45, 7) is 3.22. The Hall–Kier alpha value is -2.43. The van der Waals surface area contributed by atoms with Crippen LogP contribution in [-0.4, -0.2) is 60.1 Å². The first kappa shape index (κ1) is 22.1. The topological polar surface area (TPSA) is 32.8 Å². The van der Waals surface area contributed by atoms with E-state index in [1.807, 2.05) is 12.1 Å². The zero-order chi connectivity index (χ0) is 23.1. The molecule has 4 nitrogen and oxygen atoms in total. The van der Waals surface area contributed by atoms with E-state index in [-0.39, 0.29) is 23.5 Å². The lowest BCUT2D eigenvalue weighted by Crippen LogP contribution is -2.58. The third-order valence-electron chi connectivity index (χ3n) is 8.76. The molecular formula is C30H36N2O2. The van der Waals surface area contributed by atoms with Crippen molar-refractivity contribution in [3.63, 3.8) is 0 Å². The normalized spacial score (nSPS) is 29.7. The van der Waals surface area contributed by atoms with Gasteiger partial charge >= 0.3 is 0 Å². The van der Waals surface area contributed by atoms with Crippen molar-refractivity contribution in [1.82, 2.24) is 9.80 Å². The Bertz CT molecular complexity index is 1000. The molecule has 4 aliphatic rings. The van der Waals surface area contributed by atoms with Crippen molar-refractivity contribution < 1.29 is 9.53 Å². The third-order valence-corrected chi connectivity index (χ3v) is 8.76. The Balaban J connectivity index is 1.26. The lowest BCUT2D eigenvalue weighted by atomic mass is 9.76. The van der Waals surface area contributed by atoms with Gasteiger partial charge in [0.05, 0.1) is 11.5 Å². The summed E-state index contributed by atoms with van der Waals surface area (Å²) < 4.78 is 6.33. The number of nitrogens with zero attached hydrogens (tertiary/aromatic N) is 2. The van der Waals surface area contributed by atoms with Crippen LogP contribution in [0.3, 0.4) is 0 Å². The first-order valence-corrected chi connectivity index (χ1v) is 13.2. The second kappa shape index (κ2) is 8.98. The van der Waals surface area contributed by atoms with Gasteiger partial charge in [0.25, 0.3) is 0 Å². The predicted octanol–water partition coefficient (Wildman–Crippen LogP) is 5.25. The fraction of sp³-hybridized carbons (Fsp3) is 0.500. The van der Waals surface area contributed by atoms with E-state index in [1.165, 1.54) is 48.0 Å². The largest absolute Gasteiger partial charge is 0.375 e.